The second-order valence-corrected chi connectivity index (χ2v) is 3.88. The van der Waals surface area contributed by atoms with Crippen LogP contribution in [0.2, 0.25) is 0 Å². The maximum atomic E-state index is 12.0. The van der Waals surface area contributed by atoms with Gasteiger partial charge in [-0.1, -0.05) is 0 Å². The van der Waals surface area contributed by atoms with Crippen LogP contribution in [0, 0.1) is 0 Å². The fraction of sp³-hybridized carbons (Fsp3) is 0.600. The smallest absolute Gasteiger partial charge is 0.340 e. The van der Waals surface area contributed by atoms with Crippen molar-refractivity contribution in [3.8, 4) is 0 Å². The number of hydrogen-bond donors (Lipinski definition) is 1. The standard InChI is InChI=1S/C10H15F3N4O/c1-16(4-2-10(11,12)13)9(18)8-6-17(5-3-14)7-15-8/h6-7H,2-5,14H2,1H3. The Morgan fingerprint density at radius 3 is 2.78 bits per heavy atom. The molecule has 0 aliphatic rings. The Hall–Kier alpha value is -1.57. The van der Waals surface area contributed by atoms with Crippen LogP contribution in [0.1, 0.15) is 16.9 Å². The van der Waals surface area contributed by atoms with E-state index < -0.39 is 18.5 Å². The second-order valence-electron chi connectivity index (χ2n) is 3.88. The number of nitrogens with zero attached hydrogens (tertiary/aromatic N) is 3. The molecular formula is C10H15F3N4O. The minimum atomic E-state index is -4.27. The number of alkyl halides is 3. The lowest BCUT2D eigenvalue weighted by atomic mass is 10.3. The van der Waals surface area contributed by atoms with Crippen molar-refractivity contribution in [2.75, 3.05) is 20.1 Å². The molecule has 8 heteroatoms. The molecule has 0 unspecified atom stereocenters. The predicted molar refractivity (Wildman–Crippen MR) is 58.9 cm³/mol. The summed E-state index contributed by atoms with van der Waals surface area (Å²) in [5.41, 5.74) is 5.45. The Morgan fingerprint density at radius 1 is 1.56 bits per heavy atom. The van der Waals surface area contributed by atoms with Gasteiger partial charge in [-0.2, -0.15) is 13.2 Å². The lowest BCUT2D eigenvalue weighted by Gasteiger charge is -2.16. The third-order valence-corrected chi connectivity index (χ3v) is 2.32. The summed E-state index contributed by atoms with van der Waals surface area (Å²) in [6.07, 6.45) is -2.40. The number of amides is 1. The number of carbonyl (C=O) groups is 1. The van der Waals surface area contributed by atoms with Gasteiger partial charge in [-0.15, -0.1) is 0 Å². The van der Waals surface area contributed by atoms with Crippen LogP contribution in [0.25, 0.3) is 0 Å². The summed E-state index contributed by atoms with van der Waals surface area (Å²) in [4.78, 5) is 16.6. The summed E-state index contributed by atoms with van der Waals surface area (Å²) in [5.74, 6) is -0.532. The monoisotopic (exact) mass is 264 g/mol. The topological polar surface area (TPSA) is 64.2 Å². The molecule has 0 radical (unpaired) electrons. The van der Waals surface area contributed by atoms with Crippen molar-refractivity contribution >= 4 is 5.91 Å². The van der Waals surface area contributed by atoms with Gasteiger partial charge in [0.1, 0.15) is 5.69 Å². The van der Waals surface area contributed by atoms with Crippen molar-refractivity contribution in [3.63, 3.8) is 0 Å². The van der Waals surface area contributed by atoms with Gasteiger partial charge in [0.05, 0.1) is 12.7 Å². The van der Waals surface area contributed by atoms with Gasteiger partial charge in [0, 0.05) is 32.9 Å². The summed E-state index contributed by atoms with van der Waals surface area (Å²) in [7, 11) is 1.32. The number of rotatable bonds is 5. The molecule has 1 aromatic heterocycles. The van der Waals surface area contributed by atoms with Gasteiger partial charge < -0.3 is 15.2 Å². The van der Waals surface area contributed by atoms with Crippen LogP contribution in [-0.4, -0.2) is 46.7 Å². The molecule has 1 aromatic rings. The number of nitrogens with two attached hydrogens (primary N) is 1. The van der Waals surface area contributed by atoms with E-state index in [1.54, 1.807) is 4.57 Å². The molecule has 102 valence electrons. The molecule has 0 saturated carbocycles. The maximum absolute atomic E-state index is 12.0. The molecule has 0 fully saturated rings. The molecule has 0 bridgehead atoms. The van der Waals surface area contributed by atoms with Crippen LogP contribution < -0.4 is 5.73 Å². The highest BCUT2D eigenvalue weighted by Crippen LogP contribution is 2.19. The Bertz CT molecular complexity index is 402. The first-order chi connectivity index (χ1) is 8.33. The molecule has 0 aromatic carbocycles. The first-order valence-electron chi connectivity index (χ1n) is 5.37. The van der Waals surface area contributed by atoms with E-state index in [-0.39, 0.29) is 12.2 Å². The first kappa shape index (κ1) is 14.5. The summed E-state index contributed by atoms with van der Waals surface area (Å²) < 4.78 is 37.7. The van der Waals surface area contributed by atoms with Crippen LogP contribution in [-0.2, 0) is 6.54 Å². The number of carbonyl (C=O) groups excluding carboxylic acids is 1. The number of hydrogen-bond acceptors (Lipinski definition) is 3. The molecule has 0 aliphatic heterocycles. The second kappa shape index (κ2) is 5.85. The predicted octanol–water partition coefficient (Wildman–Crippen LogP) is 0.866. The van der Waals surface area contributed by atoms with E-state index in [1.165, 1.54) is 19.6 Å². The normalized spacial score (nSPS) is 11.6. The summed E-state index contributed by atoms with van der Waals surface area (Å²) in [6, 6.07) is 0. The van der Waals surface area contributed by atoms with Gasteiger partial charge in [0.2, 0.25) is 0 Å². The molecule has 0 aliphatic carbocycles. The number of halogens is 3. The lowest BCUT2D eigenvalue weighted by Crippen LogP contribution is -2.30. The molecule has 1 heterocycles. The average molecular weight is 264 g/mol. The zero-order valence-corrected chi connectivity index (χ0v) is 9.94. The largest absolute Gasteiger partial charge is 0.390 e. The highest BCUT2D eigenvalue weighted by Gasteiger charge is 2.28. The third-order valence-electron chi connectivity index (χ3n) is 2.32. The molecule has 18 heavy (non-hydrogen) atoms. The summed E-state index contributed by atoms with van der Waals surface area (Å²) in [5, 5.41) is 0. The van der Waals surface area contributed by atoms with Gasteiger partial charge in [0.25, 0.3) is 5.91 Å². The van der Waals surface area contributed by atoms with E-state index >= 15 is 0 Å². The third kappa shape index (κ3) is 4.36. The molecule has 1 amide bonds. The quantitative estimate of drug-likeness (QED) is 0.858. The lowest BCUT2D eigenvalue weighted by molar-refractivity contribution is -0.136. The fourth-order valence-electron chi connectivity index (χ4n) is 1.33. The molecule has 0 atom stereocenters. The first-order valence-corrected chi connectivity index (χ1v) is 5.37. The van der Waals surface area contributed by atoms with Gasteiger partial charge in [-0.3, -0.25) is 4.79 Å². The Kier molecular flexibility index (Phi) is 4.71. The molecule has 0 saturated heterocycles. The van der Waals surface area contributed by atoms with Crippen LogP contribution in [0.5, 0.6) is 0 Å². The molecule has 2 N–H and O–H groups in total. The van der Waals surface area contributed by atoms with Crippen molar-refractivity contribution in [3.05, 3.63) is 18.2 Å². The van der Waals surface area contributed by atoms with Crippen LogP contribution in [0.15, 0.2) is 12.5 Å². The highest BCUT2D eigenvalue weighted by atomic mass is 19.4. The van der Waals surface area contributed by atoms with Crippen molar-refractivity contribution in [1.29, 1.82) is 0 Å². The van der Waals surface area contributed by atoms with Crippen molar-refractivity contribution in [2.45, 2.75) is 19.1 Å². The highest BCUT2D eigenvalue weighted by molar-refractivity contribution is 5.91. The van der Waals surface area contributed by atoms with Crippen LogP contribution in [0.3, 0.4) is 0 Å². The Morgan fingerprint density at radius 2 is 2.22 bits per heavy atom. The van der Waals surface area contributed by atoms with Crippen LogP contribution >= 0.6 is 0 Å². The zero-order valence-electron chi connectivity index (χ0n) is 9.94. The molecule has 0 spiro atoms. The number of imidazole rings is 1. The van der Waals surface area contributed by atoms with Gasteiger partial charge in [0.15, 0.2) is 0 Å². The minimum Gasteiger partial charge on any atom is -0.340 e. The van der Waals surface area contributed by atoms with E-state index in [1.807, 2.05) is 0 Å². The van der Waals surface area contributed by atoms with Crippen molar-refractivity contribution < 1.29 is 18.0 Å². The van der Waals surface area contributed by atoms with Gasteiger partial charge in [-0.25, -0.2) is 4.98 Å². The molecular weight excluding hydrogens is 249 g/mol. The Balaban J connectivity index is 2.57. The maximum Gasteiger partial charge on any atom is 0.390 e. The number of aromatic nitrogens is 2. The van der Waals surface area contributed by atoms with Gasteiger partial charge in [-0.05, 0) is 0 Å². The average Bonchev–Trinajstić information content (AvgIpc) is 2.73. The van der Waals surface area contributed by atoms with E-state index in [0.717, 1.165) is 4.90 Å². The van der Waals surface area contributed by atoms with Crippen molar-refractivity contribution in [1.82, 2.24) is 14.5 Å². The van der Waals surface area contributed by atoms with Crippen LogP contribution in [0.4, 0.5) is 13.2 Å². The summed E-state index contributed by atoms with van der Waals surface area (Å²) in [6.45, 7) is 0.520. The van der Waals surface area contributed by atoms with E-state index in [2.05, 4.69) is 4.98 Å². The molecule has 5 nitrogen and oxygen atoms in total. The zero-order chi connectivity index (χ0) is 13.8. The van der Waals surface area contributed by atoms with Crippen molar-refractivity contribution in [2.24, 2.45) is 5.73 Å². The van der Waals surface area contributed by atoms with Gasteiger partial charge >= 0.3 is 6.18 Å². The molecule has 1 rings (SSSR count). The Labute approximate surface area is 102 Å². The summed E-state index contributed by atoms with van der Waals surface area (Å²) >= 11 is 0. The fourth-order valence-corrected chi connectivity index (χ4v) is 1.33. The SMILES string of the molecule is CN(CCC(F)(F)F)C(=O)c1cn(CCN)cn1. The van der Waals surface area contributed by atoms with E-state index in [4.69, 9.17) is 5.73 Å². The van der Waals surface area contributed by atoms with E-state index in [0.29, 0.717) is 13.1 Å². The van der Waals surface area contributed by atoms with E-state index in [9.17, 15) is 18.0 Å². The minimum absolute atomic E-state index is 0.119.